The Bertz CT molecular complexity index is 404. The third-order valence-electron chi connectivity index (χ3n) is 4.43. The maximum absolute atomic E-state index is 12.2. The van der Waals surface area contributed by atoms with E-state index in [1.54, 1.807) is 25.1 Å². The summed E-state index contributed by atoms with van der Waals surface area (Å²) in [5.74, 6) is 0.204. The monoisotopic (exact) mass is 279 g/mol. The minimum atomic E-state index is -0.173. The number of rotatable bonds is 2. The molecule has 1 spiro atoms. The molecule has 5 nitrogen and oxygen atoms in total. The van der Waals surface area contributed by atoms with Crippen LogP contribution in [0.15, 0.2) is 12.7 Å². The van der Waals surface area contributed by atoms with Crippen LogP contribution in [0.1, 0.15) is 32.1 Å². The first-order valence-corrected chi connectivity index (χ1v) is 7.38. The van der Waals surface area contributed by atoms with Crippen LogP contribution in [-0.2, 0) is 4.79 Å². The fourth-order valence-electron chi connectivity index (χ4n) is 3.51. The van der Waals surface area contributed by atoms with Crippen molar-refractivity contribution in [3.05, 3.63) is 12.7 Å². The van der Waals surface area contributed by atoms with Gasteiger partial charge in [0.2, 0.25) is 5.91 Å². The molecule has 0 unspecified atom stereocenters. The second-order valence-electron chi connectivity index (χ2n) is 6.07. The van der Waals surface area contributed by atoms with Gasteiger partial charge in [-0.1, -0.05) is 6.08 Å². The molecule has 20 heavy (non-hydrogen) atoms. The Balaban J connectivity index is 2.20. The molecule has 2 aliphatic heterocycles. The van der Waals surface area contributed by atoms with Crippen LogP contribution in [-0.4, -0.2) is 65.9 Å². The largest absolute Gasteiger partial charge is 0.332 e. The Labute approximate surface area is 121 Å². The first-order chi connectivity index (χ1) is 9.50. The molecule has 0 N–H and O–H groups in total. The van der Waals surface area contributed by atoms with Gasteiger partial charge in [-0.25, -0.2) is 4.79 Å². The van der Waals surface area contributed by atoms with Gasteiger partial charge in [0.15, 0.2) is 0 Å². The van der Waals surface area contributed by atoms with E-state index in [0.717, 1.165) is 32.2 Å². The molecule has 0 aromatic rings. The summed E-state index contributed by atoms with van der Waals surface area (Å²) in [5, 5.41) is 0. The number of hydrogen-bond acceptors (Lipinski definition) is 2. The van der Waals surface area contributed by atoms with Crippen LogP contribution in [0.5, 0.6) is 0 Å². The molecule has 0 aliphatic carbocycles. The summed E-state index contributed by atoms with van der Waals surface area (Å²) in [7, 11) is 3.55. The van der Waals surface area contributed by atoms with E-state index in [2.05, 4.69) is 6.58 Å². The maximum atomic E-state index is 12.2. The zero-order valence-electron chi connectivity index (χ0n) is 12.6. The van der Waals surface area contributed by atoms with Crippen molar-refractivity contribution < 1.29 is 9.59 Å². The van der Waals surface area contributed by atoms with Gasteiger partial charge in [-0.2, -0.15) is 0 Å². The van der Waals surface area contributed by atoms with Crippen molar-refractivity contribution in [2.45, 2.75) is 37.6 Å². The number of piperidine rings is 2. The van der Waals surface area contributed by atoms with Crippen molar-refractivity contribution in [3.63, 3.8) is 0 Å². The number of carbonyl (C=O) groups is 2. The zero-order valence-corrected chi connectivity index (χ0v) is 12.6. The third kappa shape index (κ3) is 2.67. The second-order valence-corrected chi connectivity index (χ2v) is 6.07. The van der Waals surface area contributed by atoms with E-state index in [4.69, 9.17) is 0 Å². The van der Waals surface area contributed by atoms with Crippen LogP contribution in [0.3, 0.4) is 0 Å². The maximum Gasteiger partial charge on any atom is 0.319 e. The van der Waals surface area contributed by atoms with Gasteiger partial charge in [0, 0.05) is 40.2 Å². The summed E-state index contributed by atoms with van der Waals surface area (Å²) in [6, 6.07) is 0.0423. The van der Waals surface area contributed by atoms with Crippen LogP contribution in [0, 0.1) is 0 Å². The lowest BCUT2D eigenvalue weighted by molar-refractivity contribution is -0.143. The number of carbonyl (C=O) groups excluding carboxylic acids is 2. The van der Waals surface area contributed by atoms with Gasteiger partial charge in [-0.05, 0) is 25.7 Å². The van der Waals surface area contributed by atoms with Crippen molar-refractivity contribution in [2.75, 3.05) is 33.7 Å². The molecule has 1 atom stereocenters. The van der Waals surface area contributed by atoms with Crippen molar-refractivity contribution >= 4 is 11.9 Å². The molecular weight excluding hydrogens is 254 g/mol. The van der Waals surface area contributed by atoms with Gasteiger partial charge >= 0.3 is 6.03 Å². The van der Waals surface area contributed by atoms with Crippen LogP contribution >= 0.6 is 0 Å². The summed E-state index contributed by atoms with van der Waals surface area (Å²) in [6.45, 7) is 5.80. The molecule has 2 aliphatic rings. The smallest absolute Gasteiger partial charge is 0.319 e. The third-order valence-corrected chi connectivity index (χ3v) is 4.43. The van der Waals surface area contributed by atoms with Crippen LogP contribution in [0.25, 0.3) is 0 Å². The standard InChI is InChI=1S/C15H25N3O2/c1-4-10-18-13(19)7-5-8-15(18)9-6-11-17(12-15)14(20)16(2)3/h4H,1,5-12H2,2-3H3/t15-/m0/s1. The number of hydrogen-bond donors (Lipinski definition) is 0. The molecule has 2 saturated heterocycles. The normalized spacial score (nSPS) is 26.8. The molecule has 3 amide bonds. The average Bonchev–Trinajstić information content (AvgIpc) is 2.42. The van der Waals surface area contributed by atoms with Gasteiger partial charge in [-0.3, -0.25) is 4.79 Å². The van der Waals surface area contributed by atoms with Crippen molar-refractivity contribution in [1.82, 2.24) is 14.7 Å². The fourth-order valence-corrected chi connectivity index (χ4v) is 3.51. The molecule has 0 aromatic carbocycles. The molecule has 0 aromatic heterocycles. The van der Waals surface area contributed by atoms with Crippen LogP contribution in [0.4, 0.5) is 4.79 Å². The van der Waals surface area contributed by atoms with E-state index in [0.29, 0.717) is 19.5 Å². The van der Waals surface area contributed by atoms with Gasteiger partial charge in [-0.15, -0.1) is 6.58 Å². The number of nitrogens with zero attached hydrogens (tertiary/aromatic N) is 3. The Morgan fingerprint density at radius 3 is 2.75 bits per heavy atom. The quantitative estimate of drug-likeness (QED) is 0.722. The Kier molecular flexibility index (Phi) is 4.35. The highest BCUT2D eigenvalue weighted by Crippen LogP contribution is 2.36. The number of likely N-dealkylation sites (tertiary alicyclic amines) is 2. The first-order valence-electron chi connectivity index (χ1n) is 7.38. The topological polar surface area (TPSA) is 43.9 Å². The highest BCUT2D eigenvalue weighted by atomic mass is 16.2. The molecular formula is C15H25N3O2. The van der Waals surface area contributed by atoms with E-state index >= 15 is 0 Å². The lowest BCUT2D eigenvalue weighted by Crippen LogP contribution is -2.63. The Hall–Kier alpha value is -1.52. The van der Waals surface area contributed by atoms with Gasteiger partial charge in [0.05, 0.1) is 5.54 Å². The zero-order chi connectivity index (χ0) is 14.8. The SMILES string of the molecule is C=CCN1C(=O)CCC[C@@]12CCCN(C(=O)N(C)C)C2. The second kappa shape index (κ2) is 5.85. The molecule has 0 radical (unpaired) electrons. The highest BCUT2D eigenvalue weighted by Gasteiger charge is 2.45. The first kappa shape index (κ1) is 14.9. The minimum Gasteiger partial charge on any atom is -0.332 e. The van der Waals surface area contributed by atoms with Gasteiger partial charge in [0.25, 0.3) is 0 Å². The molecule has 5 heteroatoms. The number of urea groups is 1. The lowest BCUT2D eigenvalue weighted by atomic mass is 9.79. The Morgan fingerprint density at radius 1 is 1.40 bits per heavy atom. The summed E-state index contributed by atoms with van der Waals surface area (Å²) < 4.78 is 0. The predicted octanol–water partition coefficient (Wildman–Crippen LogP) is 1.70. The lowest BCUT2D eigenvalue weighted by Gasteiger charge is -2.52. The molecule has 112 valence electrons. The van der Waals surface area contributed by atoms with E-state index in [1.807, 2.05) is 9.80 Å². The fraction of sp³-hybridized carbons (Fsp3) is 0.733. The van der Waals surface area contributed by atoms with E-state index in [-0.39, 0.29) is 17.5 Å². The summed E-state index contributed by atoms with van der Waals surface area (Å²) in [4.78, 5) is 29.9. The van der Waals surface area contributed by atoms with Gasteiger partial charge < -0.3 is 14.7 Å². The summed E-state index contributed by atoms with van der Waals surface area (Å²) in [5.41, 5.74) is -0.173. The van der Waals surface area contributed by atoms with Crippen molar-refractivity contribution in [1.29, 1.82) is 0 Å². The highest BCUT2D eigenvalue weighted by molar-refractivity contribution is 5.79. The van der Waals surface area contributed by atoms with Gasteiger partial charge in [0.1, 0.15) is 0 Å². The Morgan fingerprint density at radius 2 is 2.10 bits per heavy atom. The molecule has 2 rings (SSSR count). The van der Waals surface area contributed by atoms with Crippen LogP contribution in [0.2, 0.25) is 0 Å². The van der Waals surface area contributed by atoms with Crippen molar-refractivity contribution in [3.8, 4) is 0 Å². The summed E-state index contributed by atoms with van der Waals surface area (Å²) in [6.07, 6.45) is 6.28. The molecule has 0 saturated carbocycles. The molecule has 2 fully saturated rings. The molecule has 0 bridgehead atoms. The van der Waals surface area contributed by atoms with Crippen LogP contribution < -0.4 is 0 Å². The minimum absolute atomic E-state index is 0.0423. The van der Waals surface area contributed by atoms with E-state index < -0.39 is 0 Å². The van der Waals surface area contributed by atoms with E-state index in [1.165, 1.54) is 0 Å². The molecule has 2 heterocycles. The average molecular weight is 279 g/mol. The number of amides is 3. The van der Waals surface area contributed by atoms with Crippen molar-refractivity contribution in [2.24, 2.45) is 0 Å². The van der Waals surface area contributed by atoms with E-state index in [9.17, 15) is 9.59 Å². The predicted molar refractivity (Wildman–Crippen MR) is 78.4 cm³/mol. The summed E-state index contributed by atoms with van der Waals surface area (Å²) >= 11 is 0.